The number of esters is 2. The molecule has 0 spiro atoms. The monoisotopic (exact) mass is 412 g/mol. The van der Waals surface area contributed by atoms with Crippen LogP contribution in [0.5, 0.6) is 0 Å². The van der Waals surface area contributed by atoms with Gasteiger partial charge in [0.2, 0.25) is 0 Å². The number of carbonyl (C=O) groups is 2. The van der Waals surface area contributed by atoms with Crippen molar-refractivity contribution >= 4 is 11.9 Å². The summed E-state index contributed by atoms with van der Waals surface area (Å²) in [5.41, 5.74) is 0. The molecule has 4 atom stereocenters. The molecule has 2 aliphatic heterocycles. The van der Waals surface area contributed by atoms with Crippen molar-refractivity contribution in [1.82, 2.24) is 0 Å². The zero-order valence-electron chi connectivity index (χ0n) is 18.0. The number of fused-ring (bicyclic) bond motifs is 2. The lowest BCUT2D eigenvalue weighted by Gasteiger charge is -2.35. The van der Waals surface area contributed by atoms with Gasteiger partial charge in [0.1, 0.15) is 12.2 Å². The molecule has 2 heterocycles. The predicted molar refractivity (Wildman–Crippen MR) is 119 cm³/mol. The Bertz CT molecular complexity index is 615. The fourth-order valence-electron chi connectivity index (χ4n) is 4.32. The van der Waals surface area contributed by atoms with Gasteiger partial charge in [0.05, 0.1) is 11.8 Å². The number of hydrogen-bond donors (Lipinski definition) is 0. The van der Waals surface area contributed by atoms with Crippen molar-refractivity contribution in [3.8, 4) is 0 Å². The third-order valence-electron chi connectivity index (χ3n) is 6.23. The van der Waals surface area contributed by atoms with Gasteiger partial charge >= 0.3 is 11.9 Å². The first kappa shape index (κ1) is 22.6. The quantitative estimate of drug-likeness (QED) is 0.362. The Labute approximate surface area is 181 Å². The van der Waals surface area contributed by atoms with E-state index in [2.05, 4.69) is 48.6 Å². The van der Waals surface area contributed by atoms with E-state index in [0.29, 0.717) is 0 Å². The van der Waals surface area contributed by atoms with Gasteiger partial charge < -0.3 is 9.47 Å². The lowest BCUT2D eigenvalue weighted by molar-refractivity contribution is -0.186. The van der Waals surface area contributed by atoms with Gasteiger partial charge in [-0.15, -0.1) is 0 Å². The standard InChI is InChI=1S/2C13H18O2/c2*14-13-11-9-7-5-3-1-2-4-6-8-10-12(11)15-13/h2*3-6,11-12H,1-2,7-10H2/b2*5-3+,6-4+/t11-,12+;11-,12-/m01/s1. The number of rotatable bonds is 0. The van der Waals surface area contributed by atoms with Crippen LogP contribution in [0.4, 0.5) is 0 Å². The first-order chi connectivity index (χ1) is 14.8. The highest BCUT2D eigenvalue weighted by atomic mass is 16.6. The van der Waals surface area contributed by atoms with Crippen LogP contribution in [0.15, 0.2) is 48.6 Å². The van der Waals surface area contributed by atoms with Crippen molar-refractivity contribution < 1.29 is 19.1 Å². The van der Waals surface area contributed by atoms with Gasteiger partial charge in [0.15, 0.2) is 0 Å². The molecule has 0 radical (unpaired) electrons. The topological polar surface area (TPSA) is 52.6 Å². The first-order valence-corrected chi connectivity index (χ1v) is 11.8. The van der Waals surface area contributed by atoms with Crippen LogP contribution in [0.3, 0.4) is 0 Å². The molecule has 0 N–H and O–H groups in total. The highest BCUT2D eigenvalue weighted by molar-refractivity contribution is 5.78. The van der Waals surface area contributed by atoms with Gasteiger partial charge in [-0.05, 0) is 77.0 Å². The molecule has 0 bridgehead atoms. The summed E-state index contributed by atoms with van der Waals surface area (Å²) in [6.45, 7) is 0. The predicted octanol–water partition coefficient (Wildman–Crippen LogP) is 5.99. The number of hydrogen-bond acceptors (Lipinski definition) is 4. The summed E-state index contributed by atoms with van der Waals surface area (Å²) >= 11 is 0. The molecule has 2 aliphatic carbocycles. The second kappa shape index (κ2) is 12.6. The summed E-state index contributed by atoms with van der Waals surface area (Å²) in [5.74, 6) is 0.355. The van der Waals surface area contributed by atoms with Crippen molar-refractivity contribution in [3.05, 3.63) is 48.6 Å². The van der Waals surface area contributed by atoms with E-state index >= 15 is 0 Å². The Balaban J connectivity index is 0.000000171. The molecule has 4 heteroatoms. The first-order valence-electron chi connectivity index (χ1n) is 11.8. The Morgan fingerprint density at radius 1 is 0.467 bits per heavy atom. The van der Waals surface area contributed by atoms with E-state index in [0.717, 1.165) is 77.0 Å². The summed E-state index contributed by atoms with van der Waals surface area (Å²) < 4.78 is 10.3. The minimum atomic E-state index is 0.00874. The van der Waals surface area contributed by atoms with E-state index in [1.165, 1.54) is 0 Å². The van der Waals surface area contributed by atoms with Crippen LogP contribution < -0.4 is 0 Å². The van der Waals surface area contributed by atoms with Gasteiger partial charge in [-0.3, -0.25) is 9.59 Å². The smallest absolute Gasteiger partial charge is 0.313 e. The number of carbonyl (C=O) groups excluding carboxylic acids is 2. The minimum Gasteiger partial charge on any atom is -0.461 e. The molecule has 30 heavy (non-hydrogen) atoms. The molecule has 4 nitrogen and oxygen atoms in total. The third-order valence-corrected chi connectivity index (χ3v) is 6.23. The largest absolute Gasteiger partial charge is 0.461 e. The molecule has 2 fully saturated rings. The molecule has 0 unspecified atom stereocenters. The van der Waals surface area contributed by atoms with E-state index in [1.54, 1.807) is 0 Å². The summed E-state index contributed by atoms with van der Waals surface area (Å²) in [7, 11) is 0. The molecular weight excluding hydrogens is 376 g/mol. The van der Waals surface area contributed by atoms with Crippen LogP contribution in [-0.2, 0) is 19.1 Å². The average molecular weight is 413 g/mol. The van der Waals surface area contributed by atoms with E-state index in [4.69, 9.17) is 9.47 Å². The second-order valence-electron chi connectivity index (χ2n) is 8.51. The molecule has 0 aromatic carbocycles. The lowest BCUT2D eigenvalue weighted by atomic mass is 9.88. The molecule has 0 aromatic rings. The maximum atomic E-state index is 11.2. The van der Waals surface area contributed by atoms with Crippen LogP contribution in [0.1, 0.15) is 77.0 Å². The van der Waals surface area contributed by atoms with Crippen molar-refractivity contribution in [1.29, 1.82) is 0 Å². The molecule has 4 rings (SSSR count). The molecule has 164 valence electrons. The zero-order chi connectivity index (χ0) is 21.0. The van der Waals surface area contributed by atoms with Gasteiger partial charge in [-0.1, -0.05) is 48.6 Å². The zero-order valence-corrected chi connectivity index (χ0v) is 18.0. The summed E-state index contributed by atoms with van der Waals surface area (Å²) in [4.78, 5) is 22.4. The Hall–Kier alpha value is -2.10. The van der Waals surface area contributed by atoms with Crippen molar-refractivity contribution in [2.24, 2.45) is 11.8 Å². The van der Waals surface area contributed by atoms with Crippen LogP contribution >= 0.6 is 0 Å². The van der Waals surface area contributed by atoms with Gasteiger partial charge in [-0.25, -0.2) is 0 Å². The van der Waals surface area contributed by atoms with E-state index in [1.807, 2.05) is 0 Å². The summed E-state index contributed by atoms with van der Waals surface area (Å²) in [6.07, 6.45) is 30.6. The number of allylic oxidation sites excluding steroid dienone is 8. The van der Waals surface area contributed by atoms with Gasteiger partial charge in [0.25, 0.3) is 0 Å². The SMILES string of the molecule is O=C1O[C@@H]2CC/C=C/CC/C=C/CC[C@@H]12.O=C1O[C@@H]2CC/C=C/CC/C=C/CC[C@H]12. The normalized spacial score (nSPS) is 36.1. The average Bonchev–Trinajstić information content (AvgIpc) is 2.72. The fourth-order valence-corrected chi connectivity index (χ4v) is 4.32. The fraction of sp³-hybridized carbons (Fsp3) is 0.615. The second-order valence-corrected chi connectivity index (χ2v) is 8.51. The van der Waals surface area contributed by atoms with Gasteiger partial charge in [0, 0.05) is 0 Å². The molecular formula is C26H36O4. The minimum absolute atomic E-state index is 0.00874. The van der Waals surface area contributed by atoms with Gasteiger partial charge in [-0.2, -0.15) is 0 Å². The molecule has 4 aliphatic rings. The van der Waals surface area contributed by atoms with E-state index in [-0.39, 0.29) is 36.0 Å². The van der Waals surface area contributed by atoms with Crippen molar-refractivity contribution in [2.75, 3.05) is 0 Å². The maximum absolute atomic E-state index is 11.2. The van der Waals surface area contributed by atoms with E-state index in [9.17, 15) is 9.59 Å². The Morgan fingerprint density at radius 2 is 0.767 bits per heavy atom. The highest BCUT2D eigenvalue weighted by Gasteiger charge is 2.41. The Kier molecular flexibility index (Phi) is 9.46. The molecule has 0 saturated carbocycles. The van der Waals surface area contributed by atoms with Crippen molar-refractivity contribution in [2.45, 2.75) is 89.3 Å². The summed E-state index contributed by atoms with van der Waals surface area (Å²) in [5, 5.41) is 0. The van der Waals surface area contributed by atoms with Crippen LogP contribution in [0.2, 0.25) is 0 Å². The van der Waals surface area contributed by atoms with Crippen LogP contribution in [0.25, 0.3) is 0 Å². The third kappa shape index (κ3) is 7.00. The summed E-state index contributed by atoms with van der Waals surface area (Å²) in [6, 6.07) is 0. The Morgan fingerprint density at radius 3 is 1.10 bits per heavy atom. The van der Waals surface area contributed by atoms with Crippen LogP contribution in [0, 0.1) is 11.8 Å². The van der Waals surface area contributed by atoms with Crippen molar-refractivity contribution in [3.63, 3.8) is 0 Å². The van der Waals surface area contributed by atoms with Crippen LogP contribution in [-0.4, -0.2) is 24.1 Å². The maximum Gasteiger partial charge on any atom is 0.313 e. The van der Waals surface area contributed by atoms with E-state index < -0.39 is 0 Å². The highest BCUT2D eigenvalue weighted by Crippen LogP contribution is 2.31. The molecule has 0 amide bonds. The molecule has 0 aromatic heterocycles. The molecule has 2 saturated heterocycles. The lowest BCUT2D eigenvalue weighted by Crippen LogP contribution is -2.44. The number of ether oxygens (including phenoxy) is 2.